The van der Waals surface area contributed by atoms with Gasteiger partial charge in [0.2, 0.25) is 0 Å². The molecule has 96 valence electrons. The molecule has 0 amide bonds. The third-order valence-corrected chi connectivity index (χ3v) is 4.73. The van der Waals surface area contributed by atoms with Gasteiger partial charge in [0.1, 0.15) is 9.84 Å². The zero-order valence-electron chi connectivity index (χ0n) is 10.2. The van der Waals surface area contributed by atoms with Gasteiger partial charge in [-0.1, -0.05) is 37.3 Å². The van der Waals surface area contributed by atoms with Crippen LogP contribution in [0.1, 0.15) is 31.2 Å². The van der Waals surface area contributed by atoms with E-state index in [1.165, 1.54) is 0 Å². The lowest BCUT2D eigenvalue weighted by atomic mass is 9.95. The molecule has 1 rings (SSSR count). The average Bonchev–Trinajstić information content (AvgIpc) is 2.36. The molecule has 0 aromatic heterocycles. The molecule has 0 aliphatic rings. The first-order valence-electron chi connectivity index (χ1n) is 5.95. The van der Waals surface area contributed by atoms with Gasteiger partial charge >= 0.3 is 0 Å². The van der Waals surface area contributed by atoms with E-state index in [2.05, 4.69) is 0 Å². The minimum Gasteiger partial charge on any atom is -0.396 e. The van der Waals surface area contributed by atoms with Crippen LogP contribution in [0.5, 0.6) is 0 Å². The summed E-state index contributed by atoms with van der Waals surface area (Å²) >= 11 is 0. The lowest BCUT2D eigenvalue weighted by Crippen LogP contribution is -2.11. The Labute approximate surface area is 103 Å². The van der Waals surface area contributed by atoms with Crippen molar-refractivity contribution in [2.45, 2.75) is 25.7 Å². The number of rotatable bonds is 7. The number of hydrogen-bond donors (Lipinski definition) is 1. The number of hydrogen-bond acceptors (Lipinski definition) is 3. The Morgan fingerprint density at radius 2 is 1.88 bits per heavy atom. The van der Waals surface area contributed by atoms with E-state index >= 15 is 0 Å². The molecule has 1 N–H and O–H groups in total. The van der Waals surface area contributed by atoms with Crippen LogP contribution in [0.3, 0.4) is 0 Å². The van der Waals surface area contributed by atoms with E-state index in [1.54, 1.807) is 6.92 Å². The molecule has 1 aromatic carbocycles. The lowest BCUT2D eigenvalue weighted by molar-refractivity contribution is 0.258. The second-order valence-electron chi connectivity index (χ2n) is 4.17. The van der Waals surface area contributed by atoms with Gasteiger partial charge in [-0.2, -0.15) is 0 Å². The van der Waals surface area contributed by atoms with E-state index in [4.69, 9.17) is 0 Å². The highest BCUT2D eigenvalue weighted by molar-refractivity contribution is 7.91. The van der Waals surface area contributed by atoms with Crippen molar-refractivity contribution in [1.29, 1.82) is 0 Å². The fourth-order valence-corrected chi connectivity index (χ4v) is 2.68. The van der Waals surface area contributed by atoms with E-state index in [0.717, 1.165) is 5.56 Å². The SMILES string of the molecule is CCS(=O)(=O)CCCC(CO)c1ccccc1. The average molecular weight is 256 g/mol. The van der Waals surface area contributed by atoms with Crippen molar-refractivity contribution in [1.82, 2.24) is 0 Å². The third kappa shape index (κ3) is 4.88. The fourth-order valence-electron chi connectivity index (χ4n) is 1.78. The van der Waals surface area contributed by atoms with Crippen LogP contribution in [-0.2, 0) is 9.84 Å². The van der Waals surface area contributed by atoms with E-state index in [9.17, 15) is 13.5 Å². The van der Waals surface area contributed by atoms with Crippen LogP contribution in [-0.4, -0.2) is 31.6 Å². The first-order chi connectivity index (χ1) is 8.09. The molecule has 1 unspecified atom stereocenters. The first kappa shape index (κ1) is 14.2. The smallest absolute Gasteiger partial charge is 0.150 e. The second kappa shape index (κ2) is 6.77. The summed E-state index contributed by atoms with van der Waals surface area (Å²) < 4.78 is 22.7. The molecule has 17 heavy (non-hydrogen) atoms. The van der Waals surface area contributed by atoms with E-state index < -0.39 is 9.84 Å². The van der Waals surface area contributed by atoms with Crippen LogP contribution in [0.15, 0.2) is 30.3 Å². The highest BCUT2D eigenvalue weighted by atomic mass is 32.2. The minimum absolute atomic E-state index is 0.0447. The van der Waals surface area contributed by atoms with Gasteiger partial charge in [0.25, 0.3) is 0 Å². The number of aliphatic hydroxyl groups is 1. The molecular formula is C13H20O3S. The van der Waals surface area contributed by atoms with Crippen LogP contribution in [0, 0.1) is 0 Å². The van der Waals surface area contributed by atoms with Crippen molar-refractivity contribution >= 4 is 9.84 Å². The molecular weight excluding hydrogens is 236 g/mol. The molecule has 1 atom stereocenters. The zero-order chi connectivity index (χ0) is 12.7. The molecule has 0 fully saturated rings. The van der Waals surface area contributed by atoms with Gasteiger partial charge in [-0.3, -0.25) is 0 Å². The molecule has 4 heteroatoms. The summed E-state index contributed by atoms with van der Waals surface area (Å²) in [4.78, 5) is 0. The van der Waals surface area contributed by atoms with Gasteiger partial charge < -0.3 is 5.11 Å². The van der Waals surface area contributed by atoms with Crippen molar-refractivity contribution in [3.8, 4) is 0 Å². The van der Waals surface area contributed by atoms with E-state index in [-0.39, 0.29) is 24.0 Å². The van der Waals surface area contributed by atoms with Gasteiger partial charge in [0, 0.05) is 18.3 Å². The Bertz CT molecular complexity index is 412. The van der Waals surface area contributed by atoms with Crippen molar-refractivity contribution in [2.75, 3.05) is 18.1 Å². The van der Waals surface area contributed by atoms with Crippen molar-refractivity contribution in [3.05, 3.63) is 35.9 Å². The van der Waals surface area contributed by atoms with Gasteiger partial charge in [-0.25, -0.2) is 8.42 Å². The standard InChI is InChI=1S/C13H20O3S/c1-2-17(15,16)10-6-9-13(11-14)12-7-4-3-5-8-12/h3-5,7-8,13-14H,2,6,9-11H2,1H3. The second-order valence-corrected chi connectivity index (χ2v) is 6.64. The van der Waals surface area contributed by atoms with Crippen molar-refractivity contribution in [3.63, 3.8) is 0 Å². The van der Waals surface area contributed by atoms with Crippen molar-refractivity contribution in [2.24, 2.45) is 0 Å². The van der Waals surface area contributed by atoms with Gasteiger partial charge in [-0.05, 0) is 18.4 Å². The molecule has 0 spiro atoms. The van der Waals surface area contributed by atoms with Crippen LogP contribution in [0.2, 0.25) is 0 Å². The molecule has 0 aliphatic carbocycles. The van der Waals surface area contributed by atoms with Crippen molar-refractivity contribution < 1.29 is 13.5 Å². The third-order valence-electron chi connectivity index (χ3n) is 2.94. The maximum atomic E-state index is 11.3. The Balaban J connectivity index is 2.50. The summed E-state index contributed by atoms with van der Waals surface area (Å²) in [5, 5.41) is 9.32. The molecule has 0 aliphatic heterocycles. The highest BCUT2D eigenvalue weighted by Crippen LogP contribution is 2.20. The maximum Gasteiger partial charge on any atom is 0.150 e. The summed E-state index contributed by atoms with van der Waals surface area (Å²) in [5.74, 6) is 0.456. The highest BCUT2D eigenvalue weighted by Gasteiger charge is 2.12. The number of aliphatic hydroxyl groups excluding tert-OH is 1. The summed E-state index contributed by atoms with van der Waals surface area (Å²) in [6, 6.07) is 9.73. The Morgan fingerprint density at radius 3 is 2.41 bits per heavy atom. The van der Waals surface area contributed by atoms with Crippen LogP contribution >= 0.6 is 0 Å². The van der Waals surface area contributed by atoms with Crippen LogP contribution in [0.25, 0.3) is 0 Å². The quantitative estimate of drug-likeness (QED) is 0.811. The topological polar surface area (TPSA) is 54.4 Å². The maximum absolute atomic E-state index is 11.3. The zero-order valence-corrected chi connectivity index (χ0v) is 11.0. The number of sulfone groups is 1. The van der Waals surface area contributed by atoms with Gasteiger partial charge in [0.05, 0.1) is 5.75 Å². The molecule has 0 saturated carbocycles. The Kier molecular flexibility index (Phi) is 5.65. The minimum atomic E-state index is -2.89. The van der Waals surface area contributed by atoms with Gasteiger partial charge in [0.15, 0.2) is 0 Å². The lowest BCUT2D eigenvalue weighted by Gasteiger charge is -2.14. The molecule has 0 radical (unpaired) electrons. The summed E-state index contributed by atoms with van der Waals surface area (Å²) in [7, 11) is -2.89. The molecule has 0 bridgehead atoms. The predicted octanol–water partition coefficient (Wildman–Crippen LogP) is 1.98. The largest absolute Gasteiger partial charge is 0.396 e. The normalized spacial score (nSPS) is 13.5. The van der Waals surface area contributed by atoms with Crippen LogP contribution < -0.4 is 0 Å². The molecule has 0 saturated heterocycles. The summed E-state index contributed by atoms with van der Waals surface area (Å²) in [6.45, 7) is 1.73. The van der Waals surface area contributed by atoms with Gasteiger partial charge in [-0.15, -0.1) is 0 Å². The monoisotopic (exact) mass is 256 g/mol. The van der Waals surface area contributed by atoms with E-state index in [1.807, 2.05) is 30.3 Å². The first-order valence-corrected chi connectivity index (χ1v) is 7.77. The van der Waals surface area contributed by atoms with Crippen LogP contribution in [0.4, 0.5) is 0 Å². The Hall–Kier alpha value is -0.870. The number of benzene rings is 1. The molecule has 3 nitrogen and oxygen atoms in total. The predicted molar refractivity (Wildman–Crippen MR) is 69.8 cm³/mol. The Morgan fingerprint density at radius 1 is 1.24 bits per heavy atom. The summed E-state index contributed by atoms with van der Waals surface area (Å²) in [5.41, 5.74) is 1.07. The summed E-state index contributed by atoms with van der Waals surface area (Å²) in [6.07, 6.45) is 1.32. The molecule has 1 aromatic rings. The molecule has 0 heterocycles. The van der Waals surface area contributed by atoms with E-state index in [0.29, 0.717) is 12.8 Å². The fraction of sp³-hybridized carbons (Fsp3) is 0.538.